The van der Waals surface area contributed by atoms with Crippen LogP contribution in [0.25, 0.3) is 0 Å². The maximum atomic E-state index is 11.6. The summed E-state index contributed by atoms with van der Waals surface area (Å²) >= 11 is 1.58. The molecule has 0 radical (unpaired) electrons. The number of rotatable bonds is 9. The van der Waals surface area contributed by atoms with Gasteiger partial charge in [0.05, 0.1) is 16.0 Å². The van der Waals surface area contributed by atoms with Gasteiger partial charge in [0.15, 0.2) is 5.13 Å². The number of hydrogen-bond acceptors (Lipinski definition) is 7. The molecule has 0 aliphatic carbocycles. The van der Waals surface area contributed by atoms with Gasteiger partial charge in [-0.15, -0.1) is 11.3 Å². The molecule has 2 heterocycles. The van der Waals surface area contributed by atoms with Gasteiger partial charge in [-0.2, -0.15) is 0 Å². The van der Waals surface area contributed by atoms with Crippen LogP contribution in [0.4, 0.5) is 9.93 Å². The Bertz CT molecular complexity index is 657. The molecule has 0 aromatic carbocycles. The zero-order valence-corrected chi connectivity index (χ0v) is 19.7. The molecule has 1 saturated heterocycles. The van der Waals surface area contributed by atoms with E-state index in [1.54, 1.807) is 11.3 Å². The number of unbranched alkanes of at least 4 members (excludes halogenated alkanes) is 3. The molecular formula is C20H36BN3O4S. The predicted octanol–water partition coefficient (Wildman–Crippen LogP) is 3.94. The Kier molecular flexibility index (Phi) is 7.98. The van der Waals surface area contributed by atoms with Crippen molar-refractivity contribution in [1.82, 2.24) is 10.3 Å². The van der Waals surface area contributed by atoms with Crippen LogP contribution in [0.2, 0.25) is 0 Å². The van der Waals surface area contributed by atoms with E-state index in [0.29, 0.717) is 6.54 Å². The van der Waals surface area contributed by atoms with Crippen LogP contribution in [0.15, 0.2) is 6.20 Å². The summed E-state index contributed by atoms with van der Waals surface area (Å²) in [5, 5.41) is 7.05. The Morgan fingerprint density at radius 3 is 2.28 bits per heavy atom. The second-order valence-corrected chi connectivity index (χ2v) is 10.5. The smallest absolute Gasteiger partial charge is 0.444 e. The van der Waals surface area contributed by atoms with E-state index in [1.807, 2.05) is 27.0 Å². The van der Waals surface area contributed by atoms with Gasteiger partial charge in [-0.1, -0.05) is 12.8 Å². The predicted molar refractivity (Wildman–Crippen MR) is 119 cm³/mol. The van der Waals surface area contributed by atoms with Crippen LogP contribution in [0.3, 0.4) is 0 Å². The molecule has 0 unspecified atom stereocenters. The molecule has 0 atom stereocenters. The van der Waals surface area contributed by atoms with Gasteiger partial charge in [0.25, 0.3) is 0 Å². The zero-order chi connectivity index (χ0) is 21.7. The molecule has 7 nitrogen and oxygen atoms in total. The van der Waals surface area contributed by atoms with Gasteiger partial charge in [0, 0.05) is 19.3 Å². The molecule has 29 heavy (non-hydrogen) atoms. The number of anilines is 1. The maximum Gasteiger partial charge on any atom is 0.507 e. The number of ether oxygens (including phenoxy) is 1. The van der Waals surface area contributed by atoms with Crippen molar-refractivity contribution >= 4 is 34.5 Å². The molecule has 1 amide bonds. The lowest BCUT2D eigenvalue weighted by molar-refractivity contribution is 0.00578. The summed E-state index contributed by atoms with van der Waals surface area (Å²) in [7, 11) is -0.356. The number of nitrogens with zero attached hydrogens (tertiary/aromatic N) is 1. The van der Waals surface area contributed by atoms with Crippen molar-refractivity contribution in [3.63, 3.8) is 0 Å². The van der Waals surface area contributed by atoms with Gasteiger partial charge in [0.1, 0.15) is 5.60 Å². The molecule has 9 heteroatoms. The fraction of sp³-hybridized carbons (Fsp3) is 0.800. The molecule has 1 aliphatic heterocycles. The Balaban J connectivity index is 1.58. The van der Waals surface area contributed by atoms with E-state index in [0.717, 1.165) is 42.1 Å². The number of carbonyl (C=O) groups excluding carboxylic acids is 1. The van der Waals surface area contributed by atoms with E-state index >= 15 is 0 Å². The van der Waals surface area contributed by atoms with Gasteiger partial charge in [-0.25, -0.2) is 9.78 Å². The molecule has 1 aromatic rings. The van der Waals surface area contributed by atoms with Crippen LogP contribution in [0, 0.1) is 0 Å². The second-order valence-electron chi connectivity index (χ2n) is 9.43. The first-order valence-corrected chi connectivity index (χ1v) is 11.2. The Labute approximate surface area is 179 Å². The molecule has 1 fully saturated rings. The minimum atomic E-state index is -0.451. The standard InChI is InChI=1S/C20H36BN3O4S/c1-18(2,3)26-17(25)23-13-11-9-8-10-12-22-16-24-14-15(29-16)21-27-19(4,5)20(6,7)28-21/h14H,8-13H2,1-7H3,(H,22,24)(H,23,25). The van der Waals surface area contributed by atoms with E-state index < -0.39 is 5.60 Å². The van der Waals surface area contributed by atoms with Crippen molar-refractivity contribution < 1.29 is 18.8 Å². The van der Waals surface area contributed by atoms with E-state index in [2.05, 4.69) is 43.3 Å². The topological polar surface area (TPSA) is 81.7 Å². The van der Waals surface area contributed by atoms with Gasteiger partial charge in [-0.3, -0.25) is 0 Å². The lowest BCUT2D eigenvalue weighted by atomic mass is 9.89. The Morgan fingerprint density at radius 1 is 1.10 bits per heavy atom. The molecule has 2 rings (SSSR count). The summed E-state index contributed by atoms with van der Waals surface area (Å²) < 4.78 is 18.3. The van der Waals surface area contributed by atoms with Crippen molar-refractivity contribution in [2.24, 2.45) is 0 Å². The lowest BCUT2D eigenvalue weighted by Crippen LogP contribution is -2.41. The molecule has 0 saturated carbocycles. The monoisotopic (exact) mass is 425 g/mol. The molecule has 0 spiro atoms. The third-order valence-electron chi connectivity index (χ3n) is 5.06. The van der Waals surface area contributed by atoms with Crippen LogP contribution in [-0.2, 0) is 14.0 Å². The van der Waals surface area contributed by atoms with Gasteiger partial charge < -0.3 is 24.7 Å². The van der Waals surface area contributed by atoms with E-state index in [-0.39, 0.29) is 24.4 Å². The highest BCUT2D eigenvalue weighted by Gasteiger charge is 2.52. The summed E-state index contributed by atoms with van der Waals surface area (Å²) in [5.41, 5.74) is -1.13. The van der Waals surface area contributed by atoms with E-state index in [9.17, 15) is 4.79 Å². The van der Waals surface area contributed by atoms with Crippen LogP contribution in [-0.4, -0.2) is 48.1 Å². The van der Waals surface area contributed by atoms with Crippen LogP contribution >= 0.6 is 11.3 Å². The maximum absolute atomic E-state index is 11.6. The van der Waals surface area contributed by atoms with Gasteiger partial charge in [-0.05, 0) is 61.3 Å². The number of aromatic nitrogens is 1. The minimum Gasteiger partial charge on any atom is -0.444 e. The van der Waals surface area contributed by atoms with Crippen molar-refractivity contribution in [2.45, 2.75) is 91.0 Å². The summed E-state index contributed by atoms with van der Waals surface area (Å²) in [5.74, 6) is 0. The first-order chi connectivity index (χ1) is 13.4. The van der Waals surface area contributed by atoms with Crippen molar-refractivity contribution in [2.75, 3.05) is 18.4 Å². The first kappa shape index (κ1) is 24.0. The fourth-order valence-corrected chi connectivity index (χ4v) is 3.54. The summed E-state index contributed by atoms with van der Waals surface area (Å²) in [4.78, 5) is 16.0. The SMILES string of the molecule is CC(C)(C)OC(=O)NCCCCCCNc1ncc(B2OC(C)(C)C(C)(C)O2)s1. The first-order valence-electron chi connectivity index (χ1n) is 10.4. The summed E-state index contributed by atoms with van der Waals surface area (Å²) in [6.07, 6.45) is 5.64. The third kappa shape index (κ3) is 7.46. The third-order valence-corrected chi connectivity index (χ3v) is 6.03. The normalized spacial score (nSPS) is 18.0. The van der Waals surface area contributed by atoms with Gasteiger partial charge in [0.2, 0.25) is 0 Å². The van der Waals surface area contributed by atoms with Crippen molar-refractivity contribution in [1.29, 1.82) is 0 Å². The summed E-state index contributed by atoms with van der Waals surface area (Å²) in [6.45, 7) is 15.3. The van der Waals surface area contributed by atoms with Crippen molar-refractivity contribution in [3.05, 3.63) is 6.20 Å². The number of amides is 1. The minimum absolute atomic E-state index is 0.340. The second kappa shape index (κ2) is 9.66. The molecule has 2 N–H and O–H groups in total. The number of nitrogens with one attached hydrogen (secondary N) is 2. The van der Waals surface area contributed by atoms with E-state index in [4.69, 9.17) is 14.0 Å². The average molecular weight is 425 g/mol. The Morgan fingerprint density at radius 2 is 1.69 bits per heavy atom. The van der Waals surface area contributed by atoms with Crippen molar-refractivity contribution in [3.8, 4) is 0 Å². The van der Waals surface area contributed by atoms with Crippen LogP contribution < -0.4 is 15.4 Å². The largest absolute Gasteiger partial charge is 0.507 e. The molecule has 1 aliphatic rings. The van der Waals surface area contributed by atoms with E-state index in [1.165, 1.54) is 0 Å². The zero-order valence-electron chi connectivity index (χ0n) is 18.9. The highest BCUT2D eigenvalue weighted by atomic mass is 32.1. The number of alkyl carbamates (subject to hydrolysis) is 1. The molecule has 164 valence electrons. The van der Waals surface area contributed by atoms with Crippen LogP contribution in [0.1, 0.15) is 74.1 Å². The lowest BCUT2D eigenvalue weighted by Gasteiger charge is -2.32. The highest BCUT2D eigenvalue weighted by Crippen LogP contribution is 2.37. The molecule has 1 aromatic heterocycles. The summed E-state index contributed by atoms with van der Waals surface area (Å²) in [6, 6.07) is 0. The Hall–Kier alpha value is -1.32. The van der Waals surface area contributed by atoms with Gasteiger partial charge >= 0.3 is 13.2 Å². The average Bonchev–Trinajstić information content (AvgIpc) is 3.11. The molecule has 0 bridgehead atoms. The number of carbonyl (C=O) groups is 1. The highest BCUT2D eigenvalue weighted by molar-refractivity contribution is 7.25. The number of hydrogen-bond donors (Lipinski definition) is 2. The van der Waals surface area contributed by atoms with Crippen LogP contribution in [0.5, 0.6) is 0 Å². The number of thiazole rings is 1. The molecular weight excluding hydrogens is 389 g/mol. The fourth-order valence-electron chi connectivity index (χ4n) is 2.74. The quantitative estimate of drug-likeness (QED) is 0.461.